The fourth-order valence-corrected chi connectivity index (χ4v) is 1.73. The molecule has 0 radical (unpaired) electrons. The minimum absolute atomic E-state index is 0.0571. The Kier molecular flexibility index (Phi) is 3.75. The number of rotatable bonds is 4. The minimum Gasteiger partial charge on any atom is -0.382 e. The fraction of sp³-hybridized carbons (Fsp3) is 0.214. The largest absolute Gasteiger partial charge is 0.382 e. The zero-order chi connectivity index (χ0) is 13.8. The maximum absolute atomic E-state index is 7.40. The van der Waals surface area contributed by atoms with Crippen LogP contribution in [0.2, 0.25) is 0 Å². The molecule has 3 N–H and O–H groups in total. The topological polar surface area (TPSA) is 78.9 Å². The molecule has 0 unspecified atom stereocenters. The molecule has 0 atom stereocenters. The molecule has 1 aromatic carbocycles. The third-order valence-electron chi connectivity index (χ3n) is 2.95. The van der Waals surface area contributed by atoms with Crippen LogP contribution in [0.25, 0.3) is 0 Å². The van der Waals surface area contributed by atoms with Gasteiger partial charge in [0.25, 0.3) is 0 Å². The monoisotopic (exact) mass is 255 g/mol. The lowest BCUT2D eigenvalue weighted by molar-refractivity contribution is 1.03. The second-order valence-electron chi connectivity index (χ2n) is 4.23. The van der Waals surface area contributed by atoms with Crippen LogP contribution in [0.3, 0.4) is 0 Å². The van der Waals surface area contributed by atoms with Crippen LogP contribution >= 0.6 is 0 Å². The number of nitrogen functional groups attached to an aromatic ring is 1. The van der Waals surface area contributed by atoms with Crippen LogP contribution in [0, 0.1) is 5.41 Å². The number of benzene rings is 1. The SMILES string of the molecule is CCc1ccc(N(C)c2nccc(C(=N)N)n2)cc1. The van der Waals surface area contributed by atoms with E-state index in [9.17, 15) is 0 Å². The Labute approximate surface area is 112 Å². The van der Waals surface area contributed by atoms with E-state index in [-0.39, 0.29) is 5.84 Å². The van der Waals surface area contributed by atoms with Crippen molar-refractivity contribution in [3.8, 4) is 0 Å². The lowest BCUT2D eigenvalue weighted by atomic mass is 10.1. The van der Waals surface area contributed by atoms with Crippen molar-refractivity contribution in [3.63, 3.8) is 0 Å². The molecule has 5 heteroatoms. The highest BCUT2D eigenvalue weighted by atomic mass is 15.2. The van der Waals surface area contributed by atoms with Crippen molar-refractivity contribution in [2.45, 2.75) is 13.3 Å². The normalized spacial score (nSPS) is 10.2. The molecule has 1 heterocycles. The maximum Gasteiger partial charge on any atom is 0.230 e. The van der Waals surface area contributed by atoms with Crippen LogP contribution in [-0.4, -0.2) is 22.9 Å². The highest BCUT2D eigenvalue weighted by Gasteiger charge is 2.08. The van der Waals surface area contributed by atoms with Gasteiger partial charge in [0.15, 0.2) is 0 Å². The number of hydrogen-bond donors (Lipinski definition) is 2. The Morgan fingerprint density at radius 3 is 2.53 bits per heavy atom. The summed E-state index contributed by atoms with van der Waals surface area (Å²) in [4.78, 5) is 10.3. The van der Waals surface area contributed by atoms with Crippen LogP contribution in [0.1, 0.15) is 18.2 Å². The molecule has 0 aliphatic heterocycles. The summed E-state index contributed by atoms with van der Waals surface area (Å²) in [5, 5.41) is 7.40. The zero-order valence-corrected chi connectivity index (χ0v) is 11.1. The van der Waals surface area contributed by atoms with E-state index in [1.54, 1.807) is 12.3 Å². The van der Waals surface area contributed by atoms with Gasteiger partial charge < -0.3 is 10.6 Å². The first kappa shape index (κ1) is 13.0. The summed E-state index contributed by atoms with van der Waals surface area (Å²) in [5.74, 6) is 0.468. The molecule has 0 saturated carbocycles. The van der Waals surface area contributed by atoms with Gasteiger partial charge in [-0.15, -0.1) is 0 Å². The lowest BCUT2D eigenvalue weighted by Crippen LogP contribution is -2.18. The molecule has 0 saturated heterocycles. The second kappa shape index (κ2) is 5.48. The predicted molar refractivity (Wildman–Crippen MR) is 76.9 cm³/mol. The summed E-state index contributed by atoms with van der Waals surface area (Å²) in [6.07, 6.45) is 2.62. The van der Waals surface area contributed by atoms with Gasteiger partial charge in [-0.1, -0.05) is 19.1 Å². The molecule has 0 bridgehead atoms. The van der Waals surface area contributed by atoms with Crippen LogP contribution in [0.15, 0.2) is 36.5 Å². The first-order valence-electron chi connectivity index (χ1n) is 6.12. The third kappa shape index (κ3) is 2.88. The van der Waals surface area contributed by atoms with E-state index in [0.717, 1.165) is 12.1 Å². The Hall–Kier alpha value is -2.43. The Balaban J connectivity index is 2.29. The van der Waals surface area contributed by atoms with Crippen molar-refractivity contribution < 1.29 is 0 Å². The number of anilines is 2. The first-order chi connectivity index (χ1) is 9.11. The molecule has 2 aromatic rings. The average Bonchev–Trinajstić information content (AvgIpc) is 2.46. The van der Waals surface area contributed by atoms with Gasteiger partial charge in [0, 0.05) is 18.9 Å². The fourth-order valence-electron chi connectivity index (χ4n) is 1.73. The highest BCUT2D eigenvalue weighted by Crippen LogP contribution is 2.20. The molecule has 19 heavy (non-hydrogen) atoms. The van der Waals surface area contributed by atoms with Gasteiger partial charge in [-0.05, 0) is 30.2 Å². The summed E-state index contributed by atoms with van der Waals surface area (Å²) >= 11 is 0. The van der Waals surface area contributed by atoms with Crippen molar-refractivity contribution >= 4 is 17.5 Å². The number of aryl methyl sites for hydroxylation is 1. The first-order valence-corrected chi connectivity index (χ1v) is 6.12. The molecule has 0 aliphatic rings. The molecule has 2 rings (SSSR count). The van der Waals surface area contributed by atoms with E-state index >= 15 is 0 Å². The number of amidine groups is 1. The van der Waals surface area contributed by atoms with E-state index < -0.39 is 0 Å². The number of aromatic nitrogens is 2. The molecule has 1 aromatic heterocycles. The molecule has 98 valence electrons. The van der Waals surface area contributed by atoms with Gasteiger partial charge in [0.1, 0.15) is 11.5 Å². The van der Waals surface area contributed by atoms with Crippen LogP contribution in [-0.2, 0) is 6.42 Å². The van der Waals surface area contributed by atoms with E-state index in [0.29, 0.717) is 11.6 Å². The molecule has 0 fully saturated rings. The average molecular weight is 255 g/mol. The third-order valence-corrected chi connectivity index (χ3v) is 2.95. The number of nitrogens with zero attached hydrogens (tertiary/aromatic N) is 3. The van der Waals surface area contributed by atoms with Crippen molar-refractivity contribution in [3.05, 3.63) is 47.8 Å². The smallest absolute Gasteiger partial charge is 0.230 e. The van der Waals surface area contributed by atoms with Crippen LogP contribution in [0.4, 0.5) is 11.6 Å². The Morgan fingerprint density at radius 2 is 1.95 bits per heavy atom. The number of hydrogen-bond acceptors (Lipinski definition) is 4. The van der Waals surface area contributed by atoms with E-state index in [2.05, 4.69) is 29.0 Å². The van der Waals surface area contributed by atoms with Gasteiger partial charge >= 0.3 is 0 Å². The van der Waals surface area contributed by atoms with Gasteiger partial charge in [-0.3, -0.25) is 5.41 Å². The summed E-state index contributed by atoms with van der Waals surface area (Å²) < 4.78 is 0. The van der Waals surface area contributed by atoms with Crippen LogP contribution < -0.4 is 10.6 Å². The Bertz CT molecular complexity index is 577. The highest BCUT2D eigenvalue weighted by molar-refractivity contribution is 5.93. The summed E-state index contributed by atoms with van der Waals surface area (Å²) in [6, 6.07) is 9.85. The molecule has 5 nitrogen and oxygen atoms in total. The molecule has 0 spiro atoms. The zero-order valence-electron chi connectivity index (χ0n) is 11.1. The predicted octanol–water partition coefficient (Wildman–Crippen LogP) is 2.09. The molecular formula is C14H17N5. The van der Waals surface area contributed by atoms with Crippen molar-refractivity contribution in [2.24, 2.45) is 5.73 Å². The number of nitrogens with two attached hydrogens (primary N) is 1. The lowest BCUT2D eigenvalue weighted by Gasteiger charge is -2.17. The summed E-state index contributed by atoms with van der Waals surface area (Å²) in [6.45, 7) is 2.12. The second-order valence-corrected chi connectivity index (χ2v) is 4.23. The maximum atomic E-state index is 7.40. The Morgan fingerprint density at radius 1 is 1.26 bits per heavy atom. The van der Waals surface area contributed by atoms with Gasteiger partial charge in [-0.2, -0.15) is 0 Å². The van der Waals surface area contributed by atoms with Crippen molar-refractivity contribution in [1.82, 2.24) is 9.97 Å². The summed E-state index contributed by atoms with van der Waals surface area (Å²) in [7, 11) is 1.89. The van der Waals surface area contributed by atoms with Crippen molar-refractivity contribution in [2.75, 3.05) is 11.9 Å². The molecular weight excluding hydrogens is 238 g/mol. The van der Waals surface area contributed by atoms with Crippen molar-refractivity contribution in [1.29, 1.82) is 5.41 Å². The minimum atomic E-state index is -0.0571. The number of nitrogens with one attached hydrogen (secondary N) is 1. The van der Waals surface area contributed by atoms with Gasteiger partial charge in [0.2, 0.25) is 5.95 Å². The summed E-state index contributed by atoms with van der Waals surface area (Å²) in [5.41, 5.74) is 8.15. The standard InChI is InChI=1S/C14H17N5/c1-3-10-4-6-11(7-5-10)19(2)14-17-9-8-12(18-14)13(15)16/h4-9H,3H2,1-2H3,(H3,15,16). The quantitative estimate of drug-likeness (QED) is 0.647. The van der Waals surface area contributed by atoms with Gasteiger partial charge in [0.05, 0.1) is 0 Å². The van der Waals surface area contributed by atoms with E-state index in [1.165, 1.54) is 5.56 Å². The molecule has 0 amide bonds. The molecule has 0 aliphatic carbocycles. The van der Waals surface area contributed by atoms with E-state index in [4.69, 9.17) is 11.1 Å². The van der Waals surface area contributed by atoms with E-state index in [1.807, 2.05) is 24.1 Å². The van der Waals surface area contributed by atoms with Crippen LogP contribution in [0.5, 0.6) is 0 Å². The van der Waals surface area contributed by atoms with Gasteiger partial charge in [-0.25, -0.2) is 9.97 Å².